The topological polar surface area (TPSA) is 48.5 Å². The molecule has 0 unspecified atom stereocenters. The SMILES string of the molecule is c1ccc(-c2nc(-c3ccccc3)nc(-c3ccc(-n4c5ccc(-c6ccc7sc8ccccc8c7c6)cc5c5cc6c7ccccc7n(-c7ccccc7)c6cc54)c4sc5ccccc5c34)n2)cc1. The van der Waals surface area contributed by atoms with Crippen molar-refractivity contribution in [3.63, 3.8) is 0 Å². The van der Waals surface area contributed by atoms with Gasteiger partial charge in [-0.25, -0.2) is 15.0 Å². The van der Waals surface area contributed by atoms with Crippen LogP contribution in [0, 0.1) is 0 Å². The molecule has 0 aliphatic rings. The normalized spacial score (nSPS) is 12.0. The molecule has 0 saturated carbocycles. The summed E-state index contributed by atoms with van der Waals surface area (Å²) in [4.78, 5) is 15.6. The molecule has 15 rings (SSSR count). The Morgan fingerprint density at radius 3 is 1.57 bits per heavy atom. The van der Waals surface area contributed by atoms with Gasteiger partial charge >= 0.3 is 0 Å². The molecule has 5 heterocycles. The van der Waals surface area contributed by atoms with E-state index in [0.29, 0.717) is 17.5 Å². The lowest BCUT2D eigenvalue weighted by Gasteiger charge is -2.14. The molecule has 15 aromatic rings. The van der Waals surface area contributed by atoms with Gasteiger partial charge in [-0.3, -0.25) is 0 Å². The van der Waals surface area contributed by atoms with E-state index >= 15 is 0 Å². The van der Waals surface area contributed by atoms with Crippen molar-refractivity contribution in [1.82, 2.24) is 24.1 Å². The molecule has 0 bridgehead atoms. The highest BCUT2D eigenvalue weighted by molar-refractivity contribution is 7.26. The van der Waals surface area contributed by atoms with Crippen molar-refractivity contribution < 1.29 is 0 Å². The van der Waals surface area contributed by atoms with Gasteiger partial charge in [0.1, 0.15) is 0 Å². The third-order valence-electron chi connectivity index (χ3n) is 14.0. The molecule has 0 atom stereocenters. The van der Waals surface area contributed by atoms with E-state index in [-0.39, 0.29) is 0 Å². The molecule has 10 aromatic carbocycles. The molecule has 5 aromatic heterocycles. The summed E-state index contributed by atoms with van der Waals surface area (Å²) in [6.45, 7) is 0. The lowest BCUT2D eigenvalue weighted by atomic mass is 10.00. The van der Waals surface area contributed by atoms with Gasteiger partial charge in [0.25, 0.3) is 0 Å². The van der Waals surface area contributed by atoms with E-state index < -0.39 is 0 Å². The van der Waals surface area contributed by atoms with Crippen LogP contribution >= 0.6 is 22.7 Å². The molecular weight excluding hydrogens is 891 g/mol. The third kappa shape index (κ3) is 5.99. The van der Waals surface area contributed by atoms with Crippen molar-refractivity contribution in [2.24, 2.45) is 0 Å². The number of nitrogens with zero attached hydrogens (tertiary/aromatic N) is 5. The maximum absolute atomic E-state index is 5.27. The van der Waals surface area contributed by atoms with Gasteiger partial charge in [0.05, 0.1) is 32.5 Å². The van der Waals surface area contributed by atoms with Gasteiger partial charge in [0, 0.05) is 79.6 Å². The van der Waals surface area contributed by atoms with Crippen LogP contribution in [0.1, 0.15) is 0 Å². The molecule has 0 aliphatic heterocycles. The van der Waals surface area contributed by atoms with Gasteiger partial charge in [-0.15, -0.1) is 22.7 Å². The van der Waals surface area contributed by atoms with Crippen molar-refractivity contribution >= 4 is 107 Å². The average molecular weight is 928 g/mol. The molecule has 0 N–H and O–H groups in total. The van der Waals surface area contributed by atoms with Crippen LogP contribution in [0.2, 0.25) is 0 Å². The lowest BCUT2D eigenvalue weighted by molar-refractivity contribution is 1.08. The quantitative estimate of drug-likeness (QED) is 0.167. The van der Waals surface area contributed by atoms with Crippen LogP contribution in [-0.4, -0.2) is 24.1 Å². The Bertz CT molecular complexity index is 4530. The van der Waals surface area contributed by atoms with Crippen LogP contribution in [0.15, 0.2) is 224 Å². The van der Waals surface area contributed by atoms with E-state index in [9.17, 15) is 0 Å². The second-order valence-corrected chi connectivity index (χ2v) is 20.1. The highest BCUT2D eigenvalue weighted by atomic mass is 32.1. The van der Waals surface area contributed by atoms with Gasteiger partial charge in [-0.05, 0) is 90.0 Å². The summed E-state index contributed by atoms with van der Waals surface area (Å²) < 4.78 is 9.93. The molecule has 326 valence electrons. The van der Waals surface area contributed by atoms with E-state index in [1.165, 1.54) is 73.1 Å². The first-order valence-corrected chi connectivity index (χ1v) is 25.1. The summed E-state index contributed by atoms with van der Waals surface area (Å²) >= 11 is 3.69. The number of para-hydroxylation sites is 2. The zero-order valence-corrected chi connectivity index (χ0v) is 39.0. The molecule has 0 amide bonds. The smallest absolute Gasteiger partial charge is 0.164 e. The summed E-state index contributed by atoms with van der Waals surface area (Å²) in [7, 11) is 0. The monoisotopic (exact) mass is 927 g/mol. The first-order chi connectivity index (χ1) is 34.7. The first kappa shape index (κ1) is 39.3. The highest BCUT2D eigenvalue weighted by Gasteiger charge is 2.24. The van der Waals surface area contributed by atoms with Crippen molar-refractivity contribution in [3.8, 4) is 56.7 Å². The van der Waals surface area contributed by atoms with Crippen LogP contribution in [0.5, 0.6) is 0 Å². The molecule has 7 heteroatoms. The fourth-order valence-electron chi connectivity index (χ4n) is 10.8. The summed E-state index contributed by atoms with van der Waals surface area (Å²) in [5.41, 5.74) is 12.1. The Labute approximate surface area is 409 Å². The number of rotatable bonds is 6. The lowest BCUT2D eigenvalue weighted by Crippen LogP contribution is -2.01. The maximum Gasteiger partial charge on any atom is 0.164 e. The Morgan fingerprint density at radius 2 is 0.829 bits per heavy atom. The number of benzene rings is 10. The minimum absolute atomic E-state index is 0.642. The van der Waals surface area contributed by atoms with Crippen LogP contribution in [0.25, 0.3) is 141 Å². The predicted octanol–water partition coefficient (Wildman–Crippen LogP) is 17.5. The summed E-state index contributed by atoms with van der Waals surface area (Å²) in [6.07, 6.45) is 0. The van der Waals surface area contributed by atoms with E-state index in [1.807, 2.05) is 59.1 Å². The molecule has 0 radical (unpaired) electrons. The average Bonchev–Trinajstić information content (AvgIpc) is 4.18. The van der Waals surface area contributed by atoms with Crippen molar-refractivity contribution in [1.29, 1.82) is 0 Å². The van der Waals surface area contributed by atoms with Crippen LogP contribution in [-0.2, 0) is 0 Å². The van der Waals surface area contributed by atoms with Crippen molar-refractivity contribution in [2.45, 2.75) is 0 Å². The summed E-state index contributed by atoms with van der Waals surface area (Å²) in [5.74, 6) is 1.93. The largest absolute Gasteiger partial charge is 0.309 e. The van der Waals surface area contributed by atoms with Gasteiger partial charge in [0.15, 0.2) is 17.5 Å². The summed E-state index contributed by atoms with van der Waals surface area (Å²) in [6, 6.07) is 81.0. The number of hydrogen-bond acceptors (Lipinski definition) is 5. The zero-order valence-electron chi connectivity index (χ0n) is 37.4. The highest BCUT2D eigenvalue weighted by Crippen LogP contribution is 2.47. The maximum atomic E-state index is 5.27. The molecule has 0 fully saturated rings. The fourth-order valence-corrected chi connectivity index (χ4v) is 13.1. The molecule has 5 nitrogen and oxygen atoms in total. The second kappa shape index (κ2) is 15.4. The minimum Gasteiger partial charge on any atom is -0.309 e. The van der Waals surface area contributed by atoms with Crippen molar-refractivity contribution in [3.05, 3.63) is 224 Å². The molecule has 0 aliphatic carbocycles. The van der Waals surface area contributed by atoms with E-state index in [1.54, 1.807) is 0 Å². The van der Waals surface area contributed by atoms with Gasteiger partial charge in [0.2, 0.25) is 0 Å². The van der Waals surface area contributed by atoms with E-state index in [0.717, 1.165) is 50.0 Å². The third-order valence-corrected chi connectivity index (χ3v) is 16.3. The summed E-state index contributed by atoms with van der Waals surface area (Å²) in [5, 5.41) is 9.78. The Balaban J connectivity index is 1.03. The van der Waals surface area contributed by atoms with E-state index in [2.05, 4.69) is 197 Å². The fraction of sp³-hybridized carbons (Fsp3) is 0. The molecule has 0 spiro atoms. The number of aromatic nitrogens is 5. The number of hydrogen-bond donors (Lipinski definition) is 0. The Morgan fingerprint density at radius 1 is 0.300 bits per heavy atom. The molecule has 70 heavy (non-hydrogen) atoms. The standard InChI is InChI=1S/C63H37N5S2/c1-4-16-38(17-5-1)61-64-62(39-18-6-2-7-19-39)66-63(65-61)46-30-32-53(60-59(46)45-24-12-15-27-57(45)70-60)68-52-31-28-40(41-29-33-58-50(35-41)44-23-11-14-26-56(44)69-58)34-47(52)49-36-48-43-22-10-13-25-51(43)67(54(48)37-55(49)68)42-20-8-3-9-21-42/h1-37H. The number of fused-ring (bicyclic) bond motifs is 12. The Hall–Kier alpha value is -8.75. The van der Waals surface area contributed by atoms with Gasteiger partial charge in [-0.2, -0.15) is 0 Å². The zero-order chi connectivity index (χ0) is 45.9. The molecular formula is C63H37N5S2. The minimum atomic E-state index is 0.642. The van der Waals surface area contributed by atoms with Crippen LogP contribution in [0.4, 0.5) is 0 Å². The first-order valence-electron chi connectivity index (χ1n) is 23.5. The van der Waals surface area contributed by atoms with Crippen molar-refractivity contribution in [2.75, 3.05) is 0 Å². The van der Waals surface area contributed by atoms with Gasteiger partial charge < -0.3 is 9.13 Å². The van der Waals surface area contributed by atoms with Crippen LogP contribution < -0.4 is 0 Å². The molecule has 0 saturated heterocycles. The Kier molecular flexibility index (Phi) is 8.63. The number of thiophene rings is 2. The second-order valence-electron chi connectivity index (χ2n) is 17.9. The van der Waals surface area contributed by atoms with E-state index in [4.69, 9.17) is 15.0 Å². The van der Waals surface area contributed by atoms with Gasteiger partial charge in [-0.1, -0.05) is 146 Å². The van der Waals surface area contributed by atoms with Crippen LogP contribution in [0.3, 0.4) is 0 Å². The predicted molar refractivity (Wildman–Crippen MR) is 296 cm³/mol.